The van der Waals surface area contributed by atoms with Crippen LogP contribution in [0, 0.1) is 6.92 Å². The molecular formula is C10H12N2O. The lowest BCUT2D eigenvalue weighted by atomic mass is 10.1. The Hall–Kier alpha value is -1.51. The first-order valence-electron chi connectivity index (χ1n) is 4.18. The van der Waals surface area contributed by atoms with Crippen LogP contribution in [0.2, 0.25) is 0 Å². The van der Waals surface area contributed by atoms with Gasteiger partial charge in [-0.1, -0.05) is 0 Å². The lowest BCUT2D eigenvalue weighted by Crippen LogP contribution is -1.93. The van der Waals surface area contributed by atoms with Crippen molar-refractivity contribution in [3.05, 3.63) is 23.9 Å². The van der Waals surface area contributed by atoms with Gasteiger partial charge < -0.3 is 4.74 Å². The summed E-state index contributed by atoms with van der Waals surface area (Å²) < 4.78 is 7.11. The van der Waals surface area contributed by atoms with E-state index in [9.17, 15) is 0 Å². The predicted molar refractivity (Wildman–Crippen MR) is 52.0 cm³/mol. The Morgan fingerprint density at radius 2 is 2.15 bits per heavy atom. The number of rotatable bonds is 1. The normalized spacial score (nSPS) is 10.7. The highest BCUT2D eigenvalue weighted by atomic mass is 16.5. The van der Waals surface area contributed by atoms with Gasteiger partial charge in [-0.25, -0.2) is 0 Å². The van der Waals surface area contributed by atoms with Crippen LogP contribution in [0.5, 0.6) is 5.75 Å². The van der Waals surface area contributed by atoms with Crippen LogP contribution in [-0.2, 0) is 7.05 Å². The molecule has 1 aromatic carbocycles. The summed E-state index contributed by atoms with van der Waals surface area (Å²) in [5.74, 6) is 0.884. The van der Waals surface area contributed by atoms with Gasteiger partial charge in [0, 0.05) is 12.4 Å². The molecular weight excluding hydrogens is 164 g/mol. The molecule has 0 fully saturated rings. The van der Waals surface area contributed by atoms with Gasteiger partial charge in [0.05, 0.1) is 13.3 Å². The molecule has 0 unspecified atom stereocenters. The van der Waals surface area contributed by atoms with Crippen LogP contribution in [0.3, 0.4) is 0 Å². The number of aromatic nitrogens is 2. The smallest absolute Gasteiger partial charge is 0.145 e. The van der Waals surface area contributed by atoms with Crippen molar-refractivity contribution in [2.75, 3.05) is 7.11 Å². The van der Waals surface area contributed by atoms with Gasteiger partial charge in [0.25, 0.3) is 0 Å². The van der Waals surface area contributed by atoms with Crippen molar-refractivity contribution in [1.29, 1.82) is 0 Å². The molecule has 1 heterocycles. The molecule has 0 aliphatic carbocycles. The van der Waals surface area contributed by atoms with Gasteiger partial charge in [-0.2, -0.15) is 5.10 Å². The first kappa shape index (κ1) is 8.10. The van der Waals surface area contributed by atoms with Crippen LogP contribution in [-0.4, -0.2) is 16.9 Å². The SMILES string of the molecule is COc1cc(C)cc2cnn(C)c12. The van der Waals surface area contributed by atoms with Crippen molar-refractivity contribution in [2.24, 2.45) is 7.05 Å². The molecule has 3 heteroatoms. The van der Waals surface area contributed by atoms with Gasteiger partial charge in [0.15, 0.2) is 0 Å². The molecule has 0 bridgehead atoms. The zero-order valence-electron chi connectivity index (χ0n) is 8.03. The topological polar surface area (TPSA) is 27.1 Å². The van der Waals surface area contributed by atoms with Crippen molar-refractivity contribution >= 4 is 10.9 Å². The standard InChI is InChI=1S/C10H12N2O/c1-7-4-8-6-11-12(2)10(8)9(5-7)13-3/h4-6H,1-3H3. The zero-order chi connectivity index (χ0) is 9.42. The van der Waals surface area contributed by atoms with E-state index in [4.69, 9.17) is 4.74 Å². The van der Waals surface area contributed by atoms with Crippen LogP contribution in [0.15, 0.2) is 18.3 Å². The number of ether oxygens (including phenoxy) is 1. The van der Waals surface area contributed by atoms with E-state index in [1.54, 1.807) is 7.11 Å². The molecule has 13 heavy (non-hydrogen) atoms. The fraction of sp³-hybridized carbons (Fsp3) is 0.300. The highest BCUT2D eigenvalue weighted by molar-refractivity contribution is 5.85. The third kappa shape index (κ3) is 1.16. The van der Waals surface area contributed by atoms with Crippen LogP contribution < -0.4 is 4.74 Å². The lowest BCUT2D eigenvalue weighted by Gasteiger charge is -2.04. The molecule has 0 saturated heterocycles. The molecule has 68 valence electrons. The van der Waals surface area contributed by atoms with E-state index in [-0.39, 0.29) is 0 Å². The van der Waals surface area contributed by atoms with Crippen molar-refractivity contribution in [3.8, 4) is 5.75 Å². The van der Waals surface area contributed by atoms with Crippen molar-refractivity contribution in [3.63, 3.8) is 0 Å². The van der Waals surface area contributed by atoms with E-state index in [1.165, 1.54) is 5.56 Å². The minimum atomic E-state index is 0.884. The Kier molecular flexibility index (Phi) is 1.72. The molecule has 0 N–H and O–H groups in total. The number of methoxy groups -OCH3 is 1. The largest absolute Gasteiger partial charge is 0.494 e. The Bertz CT molecular complexity index is 445. The Morgan fingerprint density at radius 3 is 2.85 bits per heavy atom. The van der Waals surface area contributed by atoms with E-state index >= 15 is 0 Å². The fourth-order valence-electron chi connectivity index (χ4n) is 1.58. The van der Waals surface area contributed by atoms with Crippen LogP contribution in [0.4, 0.5) is 0 Å². The number of hydrogen-bond acceptors (Lipinski definition) is 2. The maximum Gasteiger partial charge on any atom is 0.145 e. The summed E-state index contributed by atoms with van der Waals surface area (Å²) >= 11 is 0. The molecule has 0 atom stereocenters. The number of hydrogen-bond donors (Lipinski definition) is 0. The van der Waals surface area contributed by atoms with Crippen LogP contribution in [0.1, 0.15) is 5.56 Å². The quantitative estimate of drug-likeness (QED) is 0.663. The molecule has 0 aliphatic rings. The molecule has 1 aromatic heterocycles. The van der Waals surface area contributed by atoms with Crippen LogP contribution in [0.25, 0.3) is 10.9 Å². The van der Waals surface area contributed by atoms with Gasteiger partial charge in [0.1, 0.15) is 11.3 Å². The Balaban J connectivity index is 2.85. The predicted octanol–water partition coefficient (Wildman–Crippen LogP) is 1.89. The number of nitrogens with zero attached hydrogens (tertiary/aromatic N) is 2. The molecule has 0 radical (unpaired) electrons. The Morgan fingerprint density at radius 1 is 1.38 bits per heavy atom. The molecule has 3 nitrogen and oxygen atoms in total. The fourth-order valence-corrected chi connectivity index (χ4v) is 1.58. The number of aryl methyl sites for hydroxylation is 2. The van der Waals surface area contributed by atoms with Gasteiger partial charge in [-0.05, 0) is 24.6 Å². The molecule has 0 spiro atoms. The number of fused-ring (bicyclic) bond motifs is 1. The van der Waals surface area contributed by atoms with Crippen molar-refractivity contribution < 1.29 is 4.74 Å². The average molecular weight is 176 g/mol. The third-order valence-electron chi connectivity index (χ3n) is 2.16. The monoisotopic (exact) mass is 176 g/mol. The average Bonchev–Trinajstić information content (AvgIpc) is 2.46. The van der Waals surface area contributed by atoms with E-state index in [0.29, 0.717) is 0 Å². The van der Waals surface area contributed by atoms with E-state index in [2.05, 4.69) is 18.1 Å². The minimum Gasteiger partial charge on any atom is -0.494 e. The van der Waals surface area contributed by atoms with Crippen LogP contribution >= 0.6 is 0 Å². The van der Waals surface area contributed by atoms with E-state index in [1.807, 2.05) is 24.0 Å². The molecule has 0 saturated carbocycles. The molecule has 0 amide bonds. The second kappa shape index (κ2) is 2.76. The summed E-state index contributed by atoms with van der Waals surface area (Å²) in [6, 6.07) is 4.12. The van der Waals surface area contributed by atoms with E-state index < -0.39 is 0 Å². The maximum atomic E-state index is 5.29. The zero-order valence-corrected chi connectivity index (χ0v) is 8.03. The van der Waals surface area contributed by atoms with Crippen molar-refractivity contribution in [2.45, 2.75) is 6.92 Å². The summed E-state index contributed by atoms with van der Waals surface area (Å²) in [5.41, 5.74) is 2.24. The maximum absolute atomic E-state index is 5.29. The third-order valence-corrected chi connectivity index (χ3v) is 2.16. The van der Waals surface area contributed by atoms with Crippen molar-refractivity contribution in [1.82, 2.24) is 9.78 Å². The summed E-state index contributed by atoms with van der Waals surface area (Å²) in [4.78, 5) is 0. The summed E-state index contributed by atoms with van der Waals surface area (Å²) in [7, 11) is 3.60. The minimum absolute atomic E-state index is 0.884. The summed E-state index contributed by atoms with van der Waals surface area (Å²) in [6.07, 6.45) is 1.85. The lowest BCUT2D eigenvalue weighted by molar-refractivity contribution is 0.417. The highest BCUT2D eigenvalue weighted by Crippen LogP contribution is 2.26. The van der Waals surface area contributed by atoms with Gasteiger partial charge in [-0.3, -0.25) is 4.68 Å². The Labute approximate surface area is 76.9 Å². The first-order chi connectivity index (χ1) is 6.22. The summed E-state index contributed by atoms with van der Waals surface area (Å²) in [6.45, 7) is 2.05. The summed E-state index contributed by atoms with van der Waals surface area (Å²) in [5, 5.41) is 5.31. The second-order valence-electron chi connectivity index (χ2n) is 3.17. The van der Waals surface area contributed by atoms with Gasteiger partial charge in [0.2, 0.25) is 0 Å². The first-order valence-corrected chi connectivity index (χ1v) is 4.18. The second-order valence-corrected chi connectivity index (χ2v) is 3.17. The molecule has 2 aromatic rings. The molecule has 0 aliphatic heterocycles. The molecule has 2 rings (SSSR count). The van der Waals surface area contributed by atoms with E-state index in [0.717, 1.165) is 16.7 Å². The van der Waals surface area contributed by atoms with Gasteiger partial charge in [-0.15, -0.1) is 0 Å². The highest BCUT2D eigenvalue weighted by Gasteiger charge is 2.06. The number of benzene rings is 1. The van der Waals surface area contributed by atoms with Gasteiger partial charge >= 0.3 is 0 Å².